The monoisotopic (exact) mass is 411 g/mol. The Balaban J connectivity index is 2.59. The number of ether oxygens (including phenoxy) is 2. The minimum absolute atomic E-state index is 0.264. The lowest BCUT2D eigenvalue weighted by Gasteiger charge is -2.20. The van der Waals surface area contributed by atoms with Crippen LogP contribution >= 0.6 is 11.8 Å². The molecule has 0 radical (unpaired) electrons. The molecule has 154 valence electrons. The number of hydrogen-bond acceptors (Lipinski definition) is 7. The zero-order valence-electron chi connectivity index (χ0n) is 16.0. The van der Waals surface area contributed by atoms with Crippen molar-refractivity contribution in [2.24, 2.45) is 0 Å². The molecule has 4 amide bonds. The lowest BCUT2D eigenvalue weighted by Crippen LogP contribution is -2.48. The Morgan fingerprint density at radius 3 is 2.43 bits per heavy atom. The van der Waals surface area contributed by atoms with Crippen molar-refractivity contribution >= 4 is 35.6 Å². The number of thioether (sulfide) groups is 1. The molecule has 0 heterocycles. The van der Waals surface area contributed by atoms with Crippen LogP contribution in [0, 0.1) is 0 Å². The van der Waals surface area contributed by atoms with E-state index in [1.807, 2.05) is 17.6 Å². The van der Waals surface area contributed by atoms with Crippen molar-refractivity contribution in [2.75, 3.05) is 25.7 Å². The van der Waals surface area contributed by atoms with Crippen molar-refractivity contribution in [3.05, 3.63) is 30.3 Å². The molecule has 0 saturated heterocycles. The number of carbonyl (C=O) groups excluding carboxylic acids is 4. The summed E-state index contributed by atoms with van der Waals surface area (Å²) in [5, 5.41) is 6.80. The maximum atomic E-state index is 12.4. The third-order valence-corrected chi connectivity index (χ3v) is 4.11. The molecule has 0 unspecified atom stereocenters. The van der Waals surface area contributed by atoms with Crippen LogP contribution in [0.4, 0.5) is 4.79 Å². The van der Waals surface area contributed by atoms with E-state index in [1.54, 1.807) is 24.3 Å². The topological polar surface area (TPSA) is 123 Å². The minimum Gasteiger partial charge on any atom is -0.484 e. The van der Waals surface area contributed by atoms with Crippen LogP contribution in [0.15, 0.2) is 30.3 Å². The van der Waals surface area contributed by atoms with Crippen LogP contribution in [-0.4, -0.2) is 61.6 Å². The highest BCUT2D eigenvalue weighted by Gasteiger charge is 2.27. The average molecular weight is 411 g/mol. The number of carbonyl (C=O) groups is 4. The first-order valence-electron chi connectivity index (χ1n) is 8.56. The molecule has 0 fully saturated rings. The summed E-state index contributed by atoms with van der Waals surface area (Å²) < 4.78 is 10.4. The van der Waals surface area contributed by atoms with E-state index in [0.29, 0.717) is 17.9 Å². The van der Waals surface area contributed by atoms with Gasteiger partial charge < -0.3 is 20.1 Å². The van der Waals surface area contributed by atoms with E-state index in [-0.39, 0.29) is 6.61 Å². The zero-order valence-corrected chi connectivity index (χ0v) is 16.8. The fourth-order valence-corrected chi connectivity index (χ4v) is 2.44. The third-order valence-electron chi connectivity index (χ3n) is 3.47. The van der Waals surface area contributed by atoms with Gasteiger partial charge >= 0.3 is 12.0 Å². The molecule has 1 aromatic carbocycles. The molecule has 2 atom stereocenters. The van der Waals surface area contributed by atoms with Gasteiger partial charge in [-0.2, -0.15) is 11.8 Å². The second kappa shape index (κ2) is 12.6. The normalized spacial score (nSPS) is 12.2. The molecule has 1 aromatic rings. The molecule has 0 spiro atoms. The Bertz CT molecular complexity index is 671. The summed E-state index contributed by atoms with van der Waals surface area (Å²) in [6, 6.07) is 7.14. The summed E-state index contributed by atoms with van der Waals surface area (Å²) in [7, 11) is 1.35. The Kier molecular flexibility index (Phi) is 10.5. The van der Waals surface area contributed by atoms with Gasteiger partial charge in [0.1, 0.15) is 11.8 Å². The fraction of sp³-hybridized carbons (Fsp3) is 0.444. The lowest BCUT2D eigenvalue weighted by molar-refractivity contribution is -0.157. The Hall–Kier alpha value is -2.75. The van der Waals surface area contributed by atoms with E-state index < -0.39 is 36.0 Å². The Morgan fingerprint density at radius 1 is 1.14 bits per heavy atom. The number of hydrogen-bond donors (Lipinski definition) is 3. The number of imide groups is 1. The van der Waals surface area contributed by atoms with Crippen LogP contribution in [-0.2, 0) is 19.1 Å². The maximum Gasteiger partial charge on any atom is 0.329 e. The first kappa shape index (κ1) is 23.3. The van der Waals surface area contributed by atoms with Gasteiger partial charge in [0.25, 0.3) is 11.8 Å². The molecule has 0 aliphatic carbocycles. The molecular formula is C18H25N3O6S. The third kappa shape index (κ3) is 8.76. The van der Waals surface area contributed by atoms with Gasteiger partial charge in [0.15, 0.2) is 12.7 Å². The number of esters is 1. The van der Waals surface area contributed by atoms with Gasteiger partial charge in [0, 0.05) is 7.05 Å². The molecule has 0 aliphatic heterocycles. The van der Waals surface area contributed by atoms with Gasteiger partial charge in [-0.25, -0.2) is 9.59 Å². The minimum atomic E-state index is -1.20. The van der Waals surface area contributed by atoms with Crippen LogP contribution in [0.25, 0.3) is 0 Å². The van der Waals surface area contributed by atoms with Crippen molar-refractivity contribution in [3.63, 3.8) is 0 Å². The average Bonchev–Trinajstić information content (AvgIpc) is 2.69. The smallest absolute Gasteiger partial charge is 0.329 e. The van der Waals surface area contributed by atoms with Crippen LogP contribution in [0.1, 0.15) is 13.3 Å². The Labute approximate surface area is 167 Å². The zero-order chi connectivity index (χ0) is 20.9. The number of nitrogens with one attached hydrogen (secondary N) is 3. The van der Waals surface area contributed by atoms with Crippen LogP contribution in [0.3, 0.4) is 0 Å². The quantitative estimate of drug-likeness (QED) is 0.484. The predicted octanol–water partition coefficient (Wildman–Crippen LogP) is 0.691. The van der Waals surface area contributed by atoms with Crippen molar-refractivity contribution in [2.45, 2.75) is 25.5 Å². The van der Waals surface area contributed by atoms with E-state index in [2.05, 4.69) is 10.6 Å². The predicted molar refractivity (Wildman–Crippen MR) is 105 cm³/mol. The highest BCUT2D eigenvalue weighted by molar-refractivity contribution is 7.98. The number of rotatable bonds is 10. The van der Waals surface area contributed by atoms with Gasteiger partial charge in [-0.15, -0.1) is 0 Å². The van der Waals surface area contributed by atoms with Crippen LogP contribution in [0.2, 0.25) is 0 Å². The largest absolute Gasteiger partial charge is 0.484 e. The highest BCUT2D eigenvalue weighted by Crippen LogP contribution is 2.08. The number of benzene rings is 1. The first-order valence-corrected chi connectivity index (χ1v) is 9.96. The lowest BCUT2D eigenvalue weighted by atomic mass is 10.2. The summed E-state index contributed by atoms with van der Waals surface area (Å²) >= 11 is 1.50. The first-order chi connectivity index (χ1) is 13.4. The summed E-state index contributed by atoms with van der Waals surface area (Å²) in [6.07, 6.45) is 0.988. The van der Waals surface area contributed by atoms with Crippen molar-refractivity contribution in [1.29, 1.82) is 0 Å². The fourth-order valence-electron chi connectivity index (χ4n) is 1.97. The Morgan fingerprint density at radius 2 is 1.82 bits per heavy atom. The summed E-state index contributed by atoms with van der Waals surface area (Å²) in [5.41, 5.74) is 0. The van der Waals surface area contributed by atoms with E-state index in [1.165, 1.54) is 25.7 Å². The van der Waals surface area contributed by atoms with E-state index in [0.717, 1.165) is 0 Å². The van der Waals surface area contributed by atoms with Crippen LogP contribution in [0.5, 0.6) is 5.75 Å². The highest BCUT2D eigenvalue weighted by atomic mass is 32.2. The molecule has 0 aliphatic rings. The van der Waals surface area contributed by atoms with Gasteiger partial charge in [-0.3, -0.25) is 14.9 Å². The molecule has 10 heteroatoms. The van der Waals surface area contributed by atoms with Crippen molar-refractivity contribution < 1.29 is 28.7 Å². The number of urea groups is 1. The summed E-state index contributed by atoms with van der Waals surface area (Å²) in [5.74, 6) is -0.898. The van der Waals surface area contributed by atoms with Crippen molar-refractivity contribution in [1.82, 2.24) is 16.0 Å². The van der Waals surface area contributed by atoms with Gasteiger partial charge in [-0.1, -0.05) is 18.2 Å². The van der Waals surface area contributed by atoms with Gasteiger partial charge in [0.05, 0.1) is 0 Å². The van der Waals surface area contributed by atoms with E-state index >= 15 is 0 Å². The SMILES string of the molecule is CNC(=O)NC(=O)[C@@H](C)OC(=O)[C@H](CCSC)NC(=O)COc1ccccc1. The van der Waals surface area contributed by atoms with Crippen molar-refractivity contribution in [3.8, 4) is 5.75 Å². The van der Waals surface area contributed by atoms with E-state index in [9.17, 15) is 19.2 Å². The number of amides is 4. The second-order valence-electron chi connectivity index (χ2n) is 5.65. The molecule has 3 N–H and O–H groups in total. The second-order valence-corrected chi connectivity index (χ2v) is 6.64. The molecule has 1 rings (SSSR count). The molecule has 9 nitrogen and oxygen atoms in total. The number of para-hydroxylation sites is 1. The van der Waals surface area contributed by atoms with Crippen LogP contribution < -0.4 is 20.7 Å². The summed E-state index contributed by atoms with van der Waals surface area (Å²) in [6.45, 7) is 1.07. The van der Waals surface area contributed by atoms with Gasteiger partial charge in [0.2, 0.25) is 0 Å². The van der Waals surface area contributed by atoms with E-state index in [4.69, 9.17) is 9.47 Å². The molecule has 28 heavy (non-hydrogen) atoms. The molecule has 0 aromatic heterocycles. The van der Waals surface area contributed by atoms with Gasteiger partial charge in [-0.05, 0) is 37.5 Å². The molecular weight excluding hydrogens is 386 g/mol. The molecule has 0 saturated carbocycles. The summed E-state index contributed by atoms with van der Waals surface area (Å²) in [4.78, 5) is 47.4. The maximum absolute atomic E-state index is 12.4. The standard InChI is InChI=1S/C18H25N3O6S/c1-12(16(23)21-18(25)19-2)27-17(24)14(9-10-28-3)20-15(22)11-26-13-7-5-4-6-8-13/h4-8,12,14H,9-11H2,1-3H3,(H,20,22)(H2,19,21,23,25)/t12-,14+/m1/s1. The molecule has 0 bridgehead atoms.